The molecular formula is C14H20N2O3. The molecule has 0 fully saturated rings. The molecule has 0 radical (unpaired) electrons. The van der Waals surface area contributed by atoms with Gasteiger partial charge in [-0.15, -0.1) is 0 Å². The fourth-order valence-corrected chi connectivity index (χ4v) is 1.53. The van der Waals surface area contributed by atoms with Crippen molar-refractivity contribution in [3.63, 3.8) is 0 Å². The van der Waals surface area contributed by atoms with Crippen LogP contribution >= 0.6 is 0 Å². The maximum atomic E-state index is 10.1. The van der Waals surface area contributed by atoms with E-state index in [-0.39, 0.29) is 6.61 Å². The van der Waals surface area contributed by atoms with Gasteiger partial charge in [0.15, 0.2) is 11.5 Å². The Hall–Kier alpha value is -1.77. The molecule has 1 aromatic carbocycles. The highest BCUT2D eigenvalue weighted by molar-refractivity contribution is 5.46. The Kier molecular flexibility index (Phi) is 5.61. The van der Waals surface area contributed by atoms with Crippen molar-refractivity contribution in [2.75, 3.05) is 26.8 Å². The normalized spacial score (nSPS) is 13.4. The Bertz CT molecular complexity index is 452. The minimum Gasteiger partial charge on any atom is -0.493 e. The van der Waals surface area contributed by atoms with Crippen molar-refractivity contribution < 1.29 is 14.6 Å². The van der Waals surface area contributed by atoms with Gasteiger partial charge in [0.1, 0.15) is 12.2 Å². The predicted molar refractivity (Wildman–Crippen MR) is 72.4 cm³/mol. The van der Waals surface area contributed by atoms with Crippen LogP contribution in [0.2, 0.25) is 0 Å². The van der Waals surface area contributed by atoms with E-state index in [1.165, 1.54) is 7.11 Å². The molecule has 0 aliphatic rings. The SMILES string of the molecule is CCNCC(C)(O)COc1ccc(C#N)cc1OC. The monoisotopic (exact) mass is 264 g/mol. The second-order valence-electron chi connectivity index (χ2n) is 4.54. The topological polar surface area (TPSA) is 74.5 Å². The van der Waals surface area contributed by atoms with Gasteiger partial charge in [0.05, 0.1) is 18.7 Å². The molecule has 0 spiro atoms. The van der Waals surface area contributed by atoms with Crippen LogP contribution in [0.15, 0.2) is 18.2 Å². The number of hydrogen-bond acceptors (Lipinski definition) is 5. The number of ether oxygens (including phenoxy) is 2. The lowest BCUT2D eigenvalue weighted by molar-refractivity contribution is 0.0120. The van der Waals surface area contributed by atoms with Gasteiger partial charge in [-0.1, -0.05) is 6.92 Å². The molecule has 104 valence electrons. The Balaban J connectivity index is 2.70. The standard InChI is InChI=1S/C14H20N2O3/c1-4-16-9-14(2,17)10-19-12-6-5-11(8-15)7-13(12)18-3/h5-7,16-17H,4,9-10H2,1-3H3. The lowest BCUT2D eigenvalue weighted by Crippen LogP contribution is -2.42. The average molecular weight is 264 g/mol. The summed E-state index contributed by atoms with van der Waals surface area (Å²) in [4.78, 5) is 0. The average Bonchev–Trinajstić information content (AvgIpc) is 2.42. The number of rotatable bonds is 7. The molecule has 0 aromatic heterocycles. The summed E-state index contributed by atoms with van der Waals surface area (Å²) in [5, 5.41) is 22.0. The molecule has 19 heavy (non-hydrogen) atoms. The number of benzene rings is 1. The lowest BCUT2D eigenvalue weighted by Gasteiger charge is -2.24. The number of methoxy groups -OCH3 is 1. The Morgan fingerprint density at radius 1 is 1.42 bits per heavy atom. The Morgan fingerprint density at radius 2 is 2.16 bits per heavy atom. The number of nitriles is 1. The summed E-state index contributed by atoms with van der Waals surface area (Å²) in [5.41, 5.74) is -0.460. The van der Waals surface area contributed by atoms with Crippen molar-refractivity contribution in [2.24, 2.45) is 0 Å². The zero-order valence-electron chi connectivity index (χ0n) is 11.6. The maximum Gasteiger partial charge on any atom is 0.162 e. The quantitative estimate of drug-likeness (QED) is 0.776. The minimum absolute atomic E-state index is 0.141. The molecule has 0 amide bonds. The van der Waals surface area contributed by atoms with Gasteiger partial charge in [-0.25, -0.2) is 0 Å². The third-order valence-corrected chi connectivity index (χ3v) is 2.59. The fourth-order valence-electron chi connectivity index (χ4n) is 1.53. The van der Waals surface area contributed by atoms with E-state index in [4.69, 9.17) is 14.7 Å². The summed E-state index contributed by atoms with van der Waals surface area (Å²) in [6.45, 7) is 5.05. The Labute approximate surface area is 113 Å². The summed E-state index contributed by atoms with van der Waals surface area (Å²) >= 11 is 0. The largest absolute Gasteiger partial charge is 0.493 e. The molecule has 1 unspecified atom stereocenters. The van der Waals surface area contributed by atoms with Crippen molar-refractivity contribution in [3.8, 4) is 17.6 Å². The maximum absolute atomic E-state index is 10.1. The van der Waals surface area contributed by atoms with Crippen LogP contribution in [0.4, 0.5) is 0 Å². The van der Waals surface area contributed by atoms with Gasteiger partial charge in [0, 0.05) is 12.6 Å². The number of hydrogen-bond donors (Lipinski definition) is 2. The predicted octanol–water partition coefficient (Wildman–Crippen LogP) is 1.31. The van der Waals surface area contributed by atoms with Crippen LogP contribution in [0.5, 0.6) is 11.5 Å². The van der Waals surface area contributed by atoms with Crippen LogP contribution in [0.25, 0.3) is 0 Å². The first-order valence-electron chi connectivity index (χ1n) is 6.16. The molecule has 0 aliphatic carbocycles. The molecule has 5 heteroatoms. The smallest absolute Gasteiger partial charge is 0.162 e. The van der Waals surface area contributed by atoms with E-state index in [0.717, 1.165) is 6.54 Å². The molecule has 5 nitrogen and oxygen atoms in total. The zero-order chi connectivity index (χ0) is 14.3. The van der Waals surface area contributed by atoms with E-state index in [9.17, 15) is 5.11 Å². The van der Waals surface area contributed by atoms with E-state index >= 15 is 0 Å². The van der Waals surface area contributed by atoms with E-state index in [2.05, 4.69) is 5.32 Å². The molecule has 1 atom stereocenters. The molecule has 1 rings (SSSR count). The van der Waals surface area contributed by atoms with Gasteiger partial charge in [-0.05, 0) is 25.6 Å². The van der Waals surface area contributed by atoms with Crippen molar-refractivity contribution in [1.82, 2.24) is 5.32 Å². The molecule has 0 aliphatic heterocycles. The Morgan fingerprint density at radius 3 is 2.74 bits per heavy atom. The first-order chi connectivity index (χ1) is 9.02. The van der Waals surface area contributed by atoms with Crippen molar-refractivity contribution in [3.05, 3.63) is 23.8 Å². The highest BCUT2D eigenvalue weighted by Gasteiger charge is 2.21. The third-order valence-electron chi connectivity index (χ3n) is 2.59. The highest BCUT2D eigenvalue weighted by Crippen LogP contribution is 2.28. The van der Waals surface area contributed by atoms with Crippen LogP contribution in [0.3, 0.4) is 0 Å². The van der Waals surface area contributed by atoms with Gasteiger partial charge in [0.2, 0.25) is 0 Å². The summed E-state index contributed by atoms with van der Waals surface area (Å²) in [6, 6.07) is 6.96. The molecule has 0 saturated heterocycles. The van der Waals surface area contributed by atoms with Gasteiger partial charge in [0.25, 0.3) is 0 Å². The van der Waals surface area contributed by atoms with E-state index < -0.39 is 5.60 Å². The fraction of sp³-hybridized carbons (Fsp3) is 0.500. The summed E-state index contributed by atoms with van der Waals surface area (Å²) in [6.07, 6.45) is 0. The molecule has 1 aromatic rings. The van der Waals surface area contributed by atoms with Gasteiger partial charge >= 0.3 is 0 Å². The van der Waals surface area contributed by atoms with Crippen LogP contribution in [-0.2, 0) is 0 Å². The van der Waals surface area contributed by atoms with Gasteiger partial charge in [-0.3, -0.25) is 0 Å². The summed E-state index contributed by atoms with van der Waals surface area (Å²) in [5.74, 6) is 0.997. The first kappa shape index (κ1) is 15.3. The van der Waals surface area contributed by atoms with E-state index in [1.54, 1.807) is 25.1 Å². The van der Waals surface area contributed by atoms with Crippen molar-refractivity contribution in [1.29, 1.82) is 5.26 Å². The van der Waals surface area contributed by atoms with Crippen LogP contribution in [0.1, 0.15) is 19.4 Å². The highest BCUT2D eigenvalue weighted by atomic mass is 16.5. The zero-order valence-corrected chi connectivity index (χ0v) is 11.6. The molecular weight excluding hydrogens is 244 g/mol. The first-order valence-corrected chi connectivity index (χ1v) is 6.16. The summed E-state index contributed by atoms with van der Waals surface area (Å²) in [7, 11) is 1.51. The second-order valence-corrected chi connectivity index (χ2v) is 4.54. The number of aliphatic hydroxyl groups is 1. The lowest BCUT2D eigenvalue weighted by atomic mass is 10.1. The molecule has 0 heterocycles. The minimum atomic E-state index is -0.963. The van der Waals surface area contributed by atoms with Gasteiger partial charge in [-0.2, -0.15) is 5.26 Å². The van der Waals surface area contributed by atoms with E-state index in [1.807, 2.05) is 13.0 Å². The number of nitrogens with one attached hydrogen (secondary N) is 1. The molecule has 2 N–H and O–H groups in total. The van der Waals surface area contributed by atoms with Crippen LogP contribution < -0.4 is 14.8 Å². The van der Waals surface area contributed by atoms with Crippen molar-refractivity contribution >= 4 is 0 Å². The van der Waals surface area contributed by atoms with Crippen LogP contribution in [-0.4, -0.2) is 37.5 Å². The summed E-state index contributed by atoms with van der Waals surface area (Å²) < 4.78 is 10.7. The van der Waals surface area contributed by atoms with Gasteiger partial charge < -0.3 is 19.9 Å². The van der Waals surface area contributed by atoms with E-state index in [0.29, 0.717) is 23.6 Å². The molecule has 0 saturated carbocycles. The molecule has 0 bridgehead atoms. The third kappa shape index (κ3) is 4.78. The van der Waals surface area contributed by atoms with Crippen LogP contribution in [0, 0.1) is 11.3 Å². The second kappa shape index (κ2) is 6.98. The number of nitrogens with zero attached hydrogens (tertiary/aromatic N) is 1. The van der Waals surface area contributed by atoms with Crippen molar-refractivity contribution in [2.45, 2.75) is 19.4 Å². The number of likely N-dealkylation sites (N-methyl/N-ethyl adjacent to an activating group) is 1.